The Morgan fingerprint density at radius 2 is 1.74 bits per heavy atom. The fourth-order valence-electron chi connectivity index (χ4n) is 3.69. The summed E-state index contributed by atoms with van der Waals surface area (Å²) < 4.78 is 34.7. The van der Waals surface area contributed by atoms with Crippen LogP contribution in [0.4, 0.5) is 5.69 Å². The van der Waals surface area contributed by atoms with E-state index in [0.717, 1.165) is 15.8 Å². The predicted octanol–water partition coefficient (Wildman–Crippen LogP) is 4.10. The Hall–Kier alpha value is -2.49. The SMILES string of the molecule is CC(=O)Nc1ccc(S(=O)(=O)N2CCC(Oc3nc4c(C)ccc(C)c4s3)CC2)cc1. The minimum atomic E-state index is -3.58. The summed E-state index contributed by atoms with van der Waals surface area (Å²) in [6.07, 6.45) is 1.16. The van der Waals surface area contributed by atoms with Gasteiger partial charge in [0.05, 0.1) is 15.1 Å². The molecule has 0 radical (unpaired) electrons. The second-order valence-electron chi connectivity index (χ2n) is 7.78. The summed E-state index contributed by atoms with van der Waals surface area (Å²) in [6.45, 7) is 6.30. The number of carbonyl (C=O) groups is 1. The number of carbonyl (C=O) groups excluding carboxylic acids is 1. The molecule has 2 heterocycles. The molecular formula is C22H25N3O4S2. The zero-order valence-corrected chi connectivity index (χ0v) is 19.3. The van der Waals surface area contributed by atoms with Gasteiger partial charge in [0.1, 0.15) is 6.10 Å². The monoisotopic (exact) mass is 459 g/mol. The van der Waals surface area contributed by atoms with Gasteiger partial charge in [-0.2, -0.15) is 4.31 Å². The van der Waals surface area contributed by atoms with Crippen molar-refractivity contribution in [2.24, 2.45) is 0 Å². The number of hydrogen-bond acceptors (Lipinski definition) is 6. The van der Waals surface area contributed by atoms with Crippen molar-refractivity contribution in [2.45, 2.75) is 44.6 Å². The minimum absolute atomic E-state index is 0.0604. The number of aromatic nitrogens is 1. The van der Waals surface area contributed by atoms with E-state index in [1.807, 2.05) is 6.92 Å². The molecule has 9 heteroatoms. The number of nitrogens with one attached hydrogen (secondary N) is 1. The van der Waals surface area contributed by atoms with Gasteiger partial charge in [0.2, 0.25) is 15.9 Å². The summed E-state index contributed by atoms with van der Waals surface area (Å²) >= 11 is 1.55. The molecule has 0 atom stereocenters. The summed E-state index contributed by atoms with van der Waals surface area (Å²) in [5, 5.41) is 3.28. The zero-order chi connectivity index (χ0) is 22.2. The Bertz CT molecular complexity index is 1170. The lowest BCUT2D eigenvalue weighted by atomic mass is 10.1. The number of ether oxygens (including phenoxy) is 1. The van der Waals surface area contributed by atoms with E-state index in [1.165, 1.54) is 28.9 Å². The maximum atomic E-state index is 13.0. The van der Waals surface area contributed by atoms with Crippen LogP contribution in [0.1, 0.15) is 30.9 Å². The molecule has 1 aliphatic heterocycles. The normalized spacial score (nSPS) is 15.8. The Morgan fingerprint density at radius 1 is 1.10 bits per heavy atom. The second kappa shape index (κ2) is 8.57. The number of rotatable bonds is 5. The number of hydrogen-bond donors (Lipinski definition) is 1. The Morgan fingerprint density at radius 3 is 2.35 bits per heavy atom. The summed E-state index contributed by atoms with van der Waals surface area (Å²) in [7, 11) is -3.58. The van der Waals surface area contributed by atoms with Gasteiger partial charge < -0.3 is 10.1 Å². The fourth-order valence-corrected chi connectivity index (χ4v) is 6.18. The highest BCUT2D eigenvalue weighted by Crippen LogP contribution is 2.34. The van der Waals surface area contributed by atoms with Gasteiger partial charge in [-0.3, -0.25) is 4.79 Å². The number of fused-ring (bicyclic) bond motifs is 1. The number of benzene rings is 2. The lowest BCUT2D eigenvalue weighted by Gasteiger charge is -2.30. The molecule has 1 amide bonds. The van der Waals surface area contributed by atoms with Crippen LogP contribution in [0.2, 0.25) is 0 Å². The van der Waals surface area contributed by atoms with E-state index in [9.17, 15) is 13.2 Å². The third-order valence-electron chi connectivity index (χ3n) is 5.40. The molecule has 7 nitrogen and oxygen atoms in total. The van der Waals surface area contributed by atoms with Gasteiger partial charge >= 0.3 is 0 Å². The van der Waals surface area contributed by atoms with Crippen molar-refractivity contribution < 1.29 is 17.9 Å². The van der Waals surface area contributed by atoms with E-state index in [-0.39, 0.29) is 16.9 Å². The molecular weight excluding hydrogens is 434 g/mol. The molecule has 1 aromatic heterocycles. The number of thiazole rings is 1. The van der Waals surface area contributed by atoms with E-state index in [0.29, 0.717) is 36.8 Å². The van der Waals surface area contributed by atoms with Crippen LogP contribution in [0.25, 0.3) is 10.2 Å². The van der Waals surface area contributed by atoms with Crippen LogP contribution in [0.15, 0.2) is 41.3 Å². The smallest absolute Gasteiger partial charge is 0.274 e. The topological polar surface area (TPSA) is 88.6 Å². The highest BCUT2D eigenvalue weighted by molar-refractivity contribution is 7.89. The molecule has 0 bridgehead atoms. The molecule has 31 heavy (non-hydrogen) atoms. The Labute approximate surface area is 186 Å². The molecule has 1 fully saturated rings. The number of aryl methyl sites for hydroxylation is 2. The molecule has 3 aromatic rings. The first-order valence-electron chi connectivity index (χ1n) is 10.2. The standard InChI is InChI=1S/C22H25N3O4S2/c1-14-4-5-15(2)21-20(14)24-22(30-21)29-18-10-12-25(13-11-18)31(27,28)19-8-6-17(7-9-19)23-16(3)26/h4-9,18H,10-13H2,1-3H3,(H,23,26). The first kappa shape index (κ1) is 21.7. The van der Waals surface area contributed by atoms with Gasteiger partial charge in [0, 0.05) is 25.7 Å². The Kier molecular flexibility index (Phi) is 6.00. The van der Waals surface area contributed by atoms with Gasteiger partial charge in [-0.05, 0) is 62.1 Å². The number of sulfonamides is 1. The van der Waals surface area contributed by atoms with Crippen molar-refractivity contribution in [3.63, 3.8) is 0 Å². The third-order valence-corrected chi connectivity index (χ3v) is 8.40. The molecule has 1 saturated heterocycles. The van der Waals surface area contributed by atoms with Crippen molar-refractivity contribution in [3.8, 4) is 5.19 Å². The maximum Gasteiger partial charge on any atom is 0.274 e. The van der Waals surface area contributed by atoms with Crippen LogP contribution in [-0.2, 0) is 14.8 Å². The van der Waals surface area contributed by atoms with Crippen LogP contribution in [0, 0.1) is 13.8 Å². The zero-order valence-electron chi connectivity index (χ0n) is 17.7. The van der Waals surface area contributed by atoms with Crippen LogP contribution < -0.4 is 10.1 Å². The second-order valence-corrected chi connectivity index (χ2v) is 10.7. The van der Waals surface area contributed by atoms with Gasteiger partial charge in [0.15, 0.2) is 0 Å². The van der Waals surface area contributed by atoms with Crippen LogP contribution in [0.3, 0.4) is 0 Å². The fraction of sp³-hybridized carbons (Fsp3) is 0.364. The van der Waals surface area contributed by atoms with Gasteiger partial charge in [-0.25, -0.2) is 13.4 Å². The predicted molar refractivity (Wildman–Crippen MR) is 122 cm³/mol. The van der Waals surface area contributed by atoms with Crippen molar-refractivity contribution in [1.82, 2.24) is 9.29 Å². The van der Waals surface area contributed by atoms with E-state index >= 15 is 0 Å². The first-order valence-corrected chi connectivity index (χ1v) is 12.4. The van der Waals surface area contributed by atoms with E-state index in [1.54, 1.807) is 23.5 Å². The van der Waals surface area contributed by atoms with Crippen molar-refractivity contribution >= 4 is 43.2 Å². The van der Waals surface area contributed by atoms with E-state index < -0.39 is 10.0 Å². The van der Waals surface area contributed by atoms with Crippen molar-refractivity contribution in [3.05, 3.63) is 47.5 Å². The van der Waals surface area contributed by atoms with Crippen LogP contribution in [0.5, 0.6) is 5.19 Å². The Balaban J connectivity index is 1.40. The first-order chi connectivity index (χ1) is 14.7. The average Bonchev–Trinajstić information content (AvgIpc) is 3.16. The quantitative estimate of drug-likeness (QED) is 0.620. The minimum Gasteiger partial charge on any atom is -0.467 e. The van der Waals surface area contributed by atoms with Crippen LogP contribution >= 0.6 is 11.3 Å². The largest absolute Gasteiger partial charge is 0.467 e. The molecule has 0 aliphatic carbocycles. The van der Waals surface area contributed by atoms with E-state index in [2.05, 4.69) is 29.4 Å². The number of anilines is 1. The summed E-state index contributed by atoms with van der Waals surface area (Å²) in [5.41, 5.74) is 3.85. The highest BCUT2D eigenvalue weighted by Gasteiger charge is 2.30. The van der Waals surface area contributed by atoms with Gasteiger partial charge in [-0.15, -0.1) is 0 Å². The van der Waals surface area contributed by atoms with E-state index in [4.69, 9.17) is 4.74 Å². The molecule has 1 N–H and O–H groups in total. The lowest BCUT2D eigenvalue weighted by molar-refractivity contribution is -0.114. The number of nitrogens with zero attached hydrogens (tertiary/aromatic N) is 2. The molecule has 0 saturated carbocycles. The molecule has 0 unspecified atom stereocenters. The van der Waals surface area contributed by atoms with Crippen LogP contribution in [-0.4, -0.2) is 42.8 Å². The average molecular weight is 460 g/mol. The molecule has 4 rings (SSSR count). The summed E-state index contributed by atoms with van der Waals surface area (Å²) in [4.78, 5) is 16.0. The molecule has 1 aliphatic rings. The summed E-state index contributed by atoms with van der Waals surface area (Å²) in [6, 6.07) is 10.4. The number of piperidine rings is 1. The maximum absolute atomic E-state index is 13.0. The molecule has 2 aromatic carbocycles. The third kappa shape index (κ3) is 4.58. The highest BCUT2D eigenvalue weighted by atomic mass is 32.2. The van der Waals surface area contributed by atoms with Gasteiger partial charge in [0.25, 0.3) is 5.19 Å². The number of amides is 1. The molecule has 164 valence electrons. The van der Waals surface area contributed by atoms with Crippen molar-refractivity contribution in [1.29, 1.82) is 0 Å². The van der Waals surface area contributed by atoms with Crippen molar-refractivity contribution in [2.75, 3.05) is 18.4 Å². The van der Waals surface area contributed by atoms with Gasteiger partial charge in [-0.1, -0.05) is 23.5 Å². The lowest BCUT2D eigenvalue weighted by Crippen LogP contribution is -2.41. The summed E-state index contributed by atoms with van der Waals surface area (Å²) in [5.74, 6) is -0.198. The molecule has 0 spiro atoms.